The maximum atomic E-state index is 5.84. The number of hydrogen-bond donors (Lipinski definition) is 1. The number of thiazole rings is 1. The van der Waals surface area contributed by atoms with Crippen molar-refractivity contribution in [3.63, 3.8) is 0 Å². The van der Waals surface area contributed by atoms with Crippen molar-refractivity contribution in [3.8, 4) is 5.75 Å². The Bertz CT molecular complexity index is 632. The molecule has 0 bridgehead atoms. The minimum atomic E-state index is 0.613. The third-order valence-corrected chi connectivity index (χ3v) is 5.14. The summed E-state index contributed by atoms with van der Waals surface area (Å²) >= 11 is 1.75. The molecule has 1 heterocycles. The van der Waals surface area contributed by atoms with Gasteiger partial charge in [-0.3, -0.25) is 0 Å². The van der Waals surface area contributed by atoms with Crippen LogP contribution in [0.25, 0.3) is 0 Å². The maximum Gasteiger partial charge on any atom is 0.119 e. The molecule has 1 fully saturated rings. The molecule has 0 saturated heterocycles. The van der Waals surface area contributed by atoms with Gasteiger partial charge in [-0.15, -0.1) is 11.3 Å². The molecule has 2 N–H and O–H groups in total. The van der Waals surface area contributed by atoms with E-state index in [1.165, 1.54) is 34.5 Å². The summed E-state index contributed by atoms with van der Waals surface area (Å²) in [6.07, 6.45) is 3.40. The van der Waals surface area contributed by atoms with Crippen LogP contribution in [0.3, 0.4) is 0 Å². The number of nitrogens with two attached hydrogens (primary N) is 1. The molecule has 0 aliphatic heterocycles. The van der Waals surface area contributed by atoms with Crippen LogP contribution in [0.1, 0.15) is 45.5 Å². The van der Waals surface area contributed by atoms with Gasteiger partial charge in [-0.1, -0.05) is 6.07 Å². The van der Waals surface area contributed by atoms with E-state index in [0.29, 0.717) is 19.1 Å². The van der Waals surface area contributed by atoms with Crippen LogP contribution >= 0.6 is 11.3 Å². The number of rotatable bonds is 6. The van der Waals surface area contributed by atoms with Gasteiger partial charge in [-0.05, 0) is 49.9 Å². The molecule has 21 heavy (non-hydrogen) atoms. The van der Waals surface area contributed by atoms with Gasteiger partial charge in [-0.25, -0.2) is 4.98 Å². The summed E-state index contributed by atoms with van der Waals surface area (Å²) in [5.74, 6) is 1.62. The summed E-state index contributed by atoms with van der Waals surface area (Å²) < 4.78 is 5.84. The zero-order valence-corrected chi connectivity index (χ0v) is 13.5. The minimum absolute atomic E-state index is 0.613. The van der Waals surface area contributed by atoms with Crippen LogP contribution in [-0.4, -0.2) is 11.6 Å². The van der Waals surface area contributed by atoms with Gasteiger partial charge in [0.1, 0.15) is 5.75 Å². The largest absolute Gasteiger partial charge is 0.493 e. The van der Waals surface area contributed by atoms with Crippen LogP contribution in [-0.2, 0) is 13.0 Å². The molecular formula is C17H22N2OS. The standard InChI is InChI=1S/C17H22N2OS/c1-11-3-6-14(9-12(11)2)20-8-7-16-19-17(13-4-5-13)15(10-18)21-16/h3,6,9,13H,4-5,7-8,10,18H2,1-2H3. The summed E-state index contributed by atoms with van der Waals surface area (Å²) in [6, 6.07) is 6.23. The Morgan fingerprint density at radius 1 is 1.29 bits per heavy atom. The van der Waals surface area contributed by atoms with Gasteiger partial charge >= 0.3 is 0 Å². The van der Waals surface area contributed by atoms with E-state index in [1.54, 1.807) is 11.3 Å². The van der Waals surface area contributed by atoms with Gasteiger partial charge in [0.2, 0.25) is 0 Å². The maximum absolute atomic E-state index is 5.84. The van der Waals surface area contributed by atoms with Crippen LogP contribution in [0.4, 0.5) is 0 Å². The van der Waals surface area contributed by atoms with E-state index in [1.807, 2.05) is 6.07 Å². The quantitative estimate of drug-likeness (QED) is 0.884. The molecule has 1 aliphatic rings. The highest BCUT2D eigenvalue weighted by Crippen LogP contribution is 2.42. The summed E-state index contributed by atoms with van der Waals surface area (Å²) in [7, 11) is 0. The number of ether oxygens (including phenoxy) is 1. The molecule has 0 radical (unpaired) electrons. The van der Waals surface area contributed by atoms with E-state index in [2.05, 4.69) is 26.0 Å². The van der Waals surface area contributed by atoms with Crippen molar-refractivity contribution < 1.29 is 4.74 Å². The number of aryl methyl sites for hydroxylation is 2. The van der Waals surface area contributed by atoms with Crippen molar-refractivity contribution in [3.05, 3.63) is 44.9 Å². The van der Waals surface area contributed by atoms with Crippen molar-refractivity contribution in [1.29, 1.82) is 0 Å². The Morgan fingerprint density at radius 3 is 2.76 bits per heavy atom. The first-order valence-electron chi connectivity index (χ1n) is 7.56. The molecule has 4 heteroatoms. The molecule has 3 nitrogen and oxygen atoms in total. The number of nitrogens with zero attached hydrogens (tertiary/aromatic N) is 1. The average Bonchev–Trinajstić information content (AvgIpc) is 3.24. The van der Waals surface area contributed by atoms with Crippen molar-refractivity contribution >= 4 is 11.3 Å². The Hall–Kier alpha value is -1.39. The van der Waals surface area contributed by atoms with Gasteiger partial charge in [0.25, 0.3) is 0 Å². The second-order valence-corrected chi connectivity index (χ2v) is 6.91. The predicted molar refractivity (Wildman–Crippen MR) is 87.1 cm³/mol. The third-order valence-electron chi connectivity index (χ3n) is 3.98. The van der Waals surface area contributed by atoms with Gasteiger partial charge in [0, 0.05) is 23.8 Å². The van der Waals surface area contributed by atoms with Crippen LogP contribution in [0.5, 0.6) is 5.75 Å². The Kier molecular flexibility index (Phi) is 4.27. The van der Waals surface area contributed by atoms with E-state index in [-0.39, 0.29) is 0 Å². The molecule has 0 atom stereocenters. The first-order valence-corrected chi connectivity index (χ1v) is 8.37. The van der Waals surface area contributed by atoms with E-state index in [4.69, 9.17) is 15.5 Å². The summed E-state index contributed by atoms with van der Waals surface area (Å²) in [6.45, 7) is 5.51. The van der Waals surface area contributed by atoms with Crippen molar-refractivity contribution in [2.75, 3.05) is 6.61 Å². The molecule has 0 amide bonds. The minimum Gasteiger partial charge on any atom is -0.493 e. The molecule has 0 unspecified atom stereocenters. The second kappa shape index (κ2) is 6.16. The smallest absolute Gasteiger partial charge is 0.119 e. The van der Waals surface area contributed by atoms with E-state index in [9.17, 15) is 0 Å². The predicted octanol–water partition coefficient (Wildman–Crippen LogP) is 3.72. The molecule has 3 rings (SSSR count). The molecule has 1 aromatic heterocycles. The van der Waals surface area contributed by atoms with Gasteiger partial charge in [0.15, 0.2) is 0 Å². The molecule has 1 aromatic carbocycles. The molecule has 1 saturated carbocycles. The zero-order valence-electron chi connectivity index (χ0n) is 12.7. The fourth-order valence-electron chi connectivity index (χ4n) is 2.40. The highest BCUT2D eigenvalue weighted by atomic mass is 32.1. The van der Waals surface area contributed by atoms with Crippen LogP contribution in [0.15, 0.2) is 18.2 Å². The second-order valence-electron chi connectivity index (χ2n) is 5.74. The fourth-order valence-corrected chi connectivity index (χ4v) is 3.42. The molecule has 0 spiro atoms. The lowest BCUT2D eigenvalue weighted by atomic mass is 10.1. The van der Waals surface area contributed by atoms with Crippen molar-refractivity contribution in [2.45, 2.75) is 45.6 Å². The fraction of sp³-hybridized carbons (Fsp3) is 0.471. The van der Waals surface area contributed by atoms with Crippen LogP contribution in [0.2, 0.25) is 0 Å². The zero-order chi connectivity index (χ0) is 14.8. The van der Waals surface area contributed by atoms with Crippen molar-refractivity contribution in [2.24, 2.45) is 5.73 Å². The SMILES string of the molecule is Cc1ccc(OCCc2nc(C3CC3)c(CN)s2)cc1C. The first kappa shape index (κ1) is 14.5. The number of aromatic nitrogens is 1. The number of benzene rings is 1. The lowest BCUT2D eigenvalue weighted by Gasteiger charge is -2.07. The van der Waals surface area contributed by atoms with Crippen LogP contribution in [0, 0.1) is 13.8 Å². The topological polar surface area (TPSA) is 48.1 Å². The highest BCUT2D eigenvalue weighted by Gasteiger charge is 2.29. The van der Waals surface area contributed by atoms with Crippen LogP contribution < -0.4 is 10.5 Å². The summed E-state index contributed by atoms with van der Waals surface area (Å²) in [5.41, 5.74) is 9.63. The monoisotopic (exact) mass is 302 g/mol. The van der Waals surface area contributed by atoms with E-state index >= 15 is 0 Å². The Morgan fingerprint density at radius 2 is 2.10 bits per heavy atom. The van der Waals surface area contributed by atoms with Crippen molar-refractivity contribution in [1.82, 2.24) is 4.98 Å². The van der Waals surface area contributed by atoms with Gasteiger partial charge in [0.05, 0.1) is 17.3 Å². The lowest BCUT2D eigenvalue weighted by Crippen LogP contribution is -2.01. The number of hydrogen-bond acceptors (Lipinski definition) is 4. The first-order chi connectivity index (χ1) is 10.2. The lowest BCUT2D eigenvalue weighted by molar-refractivity contribution is 0.321. The van der Waals surface area contributed by atoms with Gasteiger partial charge in [-0.2, -0.15) is 0 Å². The average molecular weight is 302 g/mol. The van der Waals surface area contributed by atoms with Gasteiger partial charge < -0.3 is 10.5 Å². The molecule has 112 valence electrons. The Labute approximate surface area is 130 Å². The van der Waals surface area contributed by atoms with E-state index < -0.39 is 0 Å². The molecular weight excluding hydrogens is 280 g/mol. The van der Waals surface area contributed by atoms with E-state index in [0.717, 1.165) is 17.2 Å². The normalized spacial score (nSPS) is 14.4. The summed E-state index contributed by atoms with van der Waals surface area (Å²) in [5, 5.41) is 1.15. The summed E-state index contributed by atoms with van der Waals surface area (Å²) in [4.78, 5) is 6.03. The molecule has 2 aromatic rings. The third kappa shape index (κ3) is 3.44. The Balaban J connectivity index is 1.58. The molecule has 1 aliphatic carbocycles. The highest BCUT2D eigenvalue weighted by molar-refractivity contribution is 7.11.